The lowest BCUT2D eigenvalue weighted by Crippen LogP contribution is -2.29. The van der Waals surface area contributed by atoms with Crippen molar-refractivity contribution in [2.24, 2.45) is 0 Å². The van der Waals surface area contributed by atoms with Gasteiger partial charge in [-0.2, -0.15) is 0 Å². The van der Waals surface area contributed by atoms with Crippen LogP contribution in [0.1, 0.15) is 25.6 Å². The quantitative estimate of drug-likeness (QED) is 0.680. The molecule has 136 valence electrons. The number of carbonyl (C=O) groups excluding carboxylic acids is 2. The van der Waals surface area contributed by atoms with Gasteiger partial charge >= 0.3 is 0 Å². The molecule has 6 nitrogen and oxygen atoms in total. The van der Waals surface area contributed by atoms with Gasteiger partial charge in [0.05, 0.1) is 16.8 Å². The van der Waals surface area contributed by atoms with E-state index < -0.39 is 21.8 Å². The predicted molar refractivity (Wildman–Crippen MR) is 104 cm³/mol. The zero-order chi connectivity index (χ0) is 19.2. The summed E-state index contributed by atoms with van der Waals surface area (Å²) >= 11 is 1.18. The van der Waals surface area contributed by atoms with Crippen LogP contribution in [0, 0.1) is 6.92 Å². The Bertz CT molecular complexity index is 1130. The highest BCUT2D eigenvalue weighted by Crippen LogP contribution is 2.30. The van der Waals surface area contributed by atoms with Crippen LogP contribution in [0.15, 0.2) is 64.9 Å². The number of fused-ring (bicyclic) bond motifs is 1. The lowest BCUT2D eigenvalue weighted by molar-refractivity contribution is 0.0926. The smallest absolute Gasteiger partial charge is 0.271 e. The summed E-state index contributed by atoms with van der Waals surface area (Å²) in [5.41, 5.74) is 1.46. The molecule has 0 aliphatic carbocycles. The molecule has 1 aliphatic rings. The van der Waals surface area contributed by atoms with E-state index in [0.717, 1.165) is 9.78 Å². The van der Waals surface area contributed by atoms with Gasteiger partial charge < -0.3 is 0 Å². The number of anilines is 2. The van der Waals surface area contributed by atoms with Crippen molar-refractivity contribution < 1.29 is 18.0 Å². The number of amides is 2. The highest BCUT2D eigenvalue weighted by atomic mass is 32.2. The Balaban J connectivity index is 1.59. The van der Waals surface area contributed by atoms with Crippen molar-refractivity contribution in [2.75, 3.05) is 9.62 Å². The van der Waals surface area contributed by atoms with E-state index in [4.69, 9.17) is 0 Å². The number of hydrogen-bond donors (Lipinski definition) is 1. The average molecular weight is 398 g/mol. The van der Waals surface area contributed by atoms with E-state index in [-0.39, 0.29) is 4.21 Å². The summed E-state index contributed by atoms with van der Waals surface area (Å²) in [6.45, 7) is 1.83. The molecule has 1 N–H and O–H groups in total. The van der Waals surface area contributed by atoms with Crippen molar-refractivity contribution in [1.82, 2.24) is 0 Å². The molecule has 0 atom stereocenters. The van der Waals surface area contributed by atoms with Crippen molar-refractivity contribution in [2.45, 2.75) is 11.1 Å². The zero-order valence-electron chi connectivity index (χ0n) is 14.2. The lowest BCUT2D eigenvalue weighted by Gasteiger charge is -2.14. The Hall–Kier alpha value is -2.97. The molecule has 4 rings (SSSR count). The number of rotatable bonds is 4. The predicted octanol–water partition coefficient (Wildman–Crippen LogP) is 3.66. The maximum Gasteiger partial charge on any atom is 0.271 e. The molecule has 0 unspecified atom stereocenters. The highest BCUT2D eigenvalue weighted by molar-refractivity contribution is 7.94. The summed E-state index contributed by atoms with van der Waals surface area (Å²) in [6, 6.07) is 16.1. The number of benzene rings is 2. The minimum atomic E-state index is -3.67. The van der Waals surface area contributed by atoms with Crippen LogP contribution in [-0.4, -0.2) is 20.2 Å². The highest BCUT2D eigenvalue weighted by Gasteiger charge is 2.36. The molecule has 0 spiro atoms. The molecule has 2 amide bonds. The van der Waals surface area contributed by atoms with E-state index in [2.05, 4.69) is 4.72 Å². The van der Waals surface area contributed by atoms with Crippen molar-refractivity contribution >= 4 is 44.5 Å². The topological polar surface area (TPSA) is 83.6 Å². The number of thiophene rings is 1. The number of hydrogen-bond acceptors (Lipinski definition) is 5. The fourth-order valence-corrected chi connectivity index (χ4v) is 5.21. The van der Waals surface area contributed by atoms with E-state index in [1.165, 1.54) is 23.5 Å². The van der Waals surface area contributed by atoms with Gasteiger partial charge in [-0.1, -0.05) is 12.1 Å². The molecule has 3 aromatic rings. The van der Waals surface area contributed by atoms with Crippen LogP contribution in [-0.2, 0) is 10.0 Å². The van der Waals surface area contributed by atoms with Crippen molar-refractivity contribution in [1.29, 1.82) is 0 Å². The third-order valence-corrected chi connectivity index (χ3v) is 7.03. The first-order valence-electron chi connectivity index (χ1n) is 8.04. The van der Waals surface area contributed by atoms with E-state index in [0.29, 0.717) is 22.5 Å². The lowest BCUT2D eigenvalue weighted by atomic mass is 10.1. The monoisotopic (exact) mass is 398 g/mol. The van der Waals surface area contributed by atoms with Crippen LogP contribution in [0.25, 0.3) is 0 Å². The van der Waals surface area contributed by atoms with Gasteiger partial charge in [0.2, 0.25) is 0 Å². The Labute approximate surface area is 160 Å². The molecule has 1 aliphatic heterocycles. The Morgan fingerprint density at radius 1 is 0.852 bits per heavy atom. The molecule has 2 aromatic carbocycles. The summed E-state index contributed by atoms with van der Waals surface area (Å²) in [6.07, 6.45) is 0. The minimum Gasteiger partial charge on any atom is -0.279 e. The molecule has 2 heterocycles. The summed E-state index contributed by atoms with van der Waals surface area (Å²) < 4.78 is 27.5. The van der Waals surface area contributed by atoms with E-state index >= 15 is 0 Å². The number of sulfonamides is 1. The maximum absolute atomic E-state index is 12.5. The Morgan fingerprint density at radius 3 is 1.96 bits per heavy atom. The van der Waals surface area contributed by atoms with Crippen molar-refractivity contribution in [3.8, 4) is 0 Å². The van der Waals surface area contributed by atoms with Crippen LogP contribution in [0.3, 0.4) is 0 Å². The number of imide groups is 1. The van der Waals surface area contributed by atoms with E-state index in [1.807, 2.05) is 6.92 Å². The number of nitrogens with one attached hydrogen (secondary N) is 1. The van der Waals surface area contributed by atoms with Crippen molar-refractivity contribution in [3.63, 3.8) is 0 Å². The van der Waals surface area contributed by atoms with Crippen LogP contribution < -0.4 is 9.62 Å². The molecule has 1 aromatic heterocycles. The van der Waals surface area contributed by atoms with E-state index in [1.54, 1.807) is 48.5 Å². The van der Waals surface area contributed by atoms with Crippen LogP contribution >= 0.6 is 11.3 Å². The first kappa shape index (κ1) is 17.4. The molecule has 27 heavy (non-hydrogen) atoms. The molecule has 8 heteroatoms. The molecule has 0 saturated carbocycles. The summed E-state index contributed by atoms with van der Waals surface area (Å²) in [5.74, 6) is -0.781. The number of carbonyl (C=O) groups is 2. The average Bonchev–Trinajstić information content (AvgIpc) is 3.19. The molecule has 0 bridgehead atoms. The van der Waals surface area contributed by atoms with Crippen LogP contribution in [0.2, 0.25) is 0 Å². The van der Waals surface area contributed by atoms with E-state index in [9.17, 15) is 18.0 Å². The first-order valence-corrected chi connectivity index (χ1v) is 10.3. The Morgan fingerprint density at radius 2 is 1.44 bits per heavy atom. The zero-order valence-corrected chi connectivity index (χ0v) is 15.8. The van der Waals surface area contributed by atoms with Gasteiger partial charge in [-0.3, -0.25) is 14.3 Å². The standard InChI is InChI=1S/C19H14N2O4S2/c1-12-6-11-17(26-12)27(24,25)20-13-7-9-14(10-8-13)21-18(22)15-4-2-3-5-16(15)19(21)23/h2-11,20H,1H3. The van der Waals surface area contributed by atoms with Gasteiger partial charge in [-0.25, -0.2) is 13.3 Å². The SMILES string of the molecule is Cc1ccc(S(=O)(=O)Nc2ccc(N3C(=O)c4ccccc4C3=O)cc2)s1. The van der Waals surface area contributed by atoms with Gasteiger partial charge in [0.15, 0.2) is 0 Å². The molecule has 0 saturated heterocycles. The van der Waals surface area contributed by atoms with Gasteiger partial charge in [-0.05, 0) is 55.5 Å². The van der Waals surface area contributed by atoms with Crippen molar-refractivity contribution in [3.05, 3.63) is 76.7 Å². The second kappa shape index (κ2) is 6.33. The molecular formula is C19H14N2O4S2. The molecule has 0 fully saturated rings. The fourth-order valence-electron chi connectivity index (χ4n) is 2.86. The van der Waals surface area contributed by atoms with Gasteiger partial charge in [0.25, 0.3) is 21.8 Å². The normalized spacial score (nSPS) is 13.7. The molecule has 0 radical (unpaired) electrons. The maximum atomic E-state index is 12.5. The third kappa shape index (κ3) is 3.02. The Kier molecular flexibility index (Phi) is 4.09. The second-order valence-corrected chi connectivity index (χ2v) is 9.21. The first-order chi connectivity index (χ1) is 12.9. The van der Waals surface area contributed by atoms with Gasteiger partial charge in [-0.15, -0.1) is 11.3 Å². The van der Waals surface area contributed by atoms with Gasteiger partial charge in [0, 0.05) is 10.6 Å². The summed E-state index contributed by atoms with van der Waals surface area (Å²) in [4.78, 5) is 27.0. The van der Waals surface area contributed by atoms with Crippen LogP contribution in [0.4, 0.5) is 11.4 Å². The van der Waals surface area contributed by atoms with Crippen LogP contribution in [0.5, 0.6) is 0 Å². The third-order valence-electron chi connectivity index (χ3n) is 4.15. The second-order valence-electron chi connectivity index (χ2n) is 6.01. The largest absolute Gasteiger partial charge is 0.279 e. The fraction of sp³-hybridized carbons (Fsp3) is 0.0526. The molecular weight excluding hydrogens is 384 g/mol. The summed E-state index contributed by atoms with van der Waals surface area (Å²) in [7, 11) is -3.67. The van der Waals surface area contributed by atoms with Gasteiger partial charge in [0.1, 0.15) is 4.21 Å². The minimum absolute atomic E-state index is 0.226. The number of nitrogens with zero attached hydrogens (tertiary/aromatic N) is 1. The summed E-state index contributed by atoms with van der Waals surface area (Å²) in [5, 5.41) is 0. The number of aryl methyl sites for hydroxylation is 1.